The highest BCUT2D eigenvalue weighted by Crippen LogP contribution is 2.64. The molecule has 14 heavy (non-hydrogen) atoms. The summed E-state index contributed by atoms with van der Waals surface area (Å²) >= 11 is 18.6. The van der Waals surface area contributed by atoms with Gasteiger partial charge < -0.3 is 9.47 Å². The van der Waals surface area contributed by atoms with Crippen LogP contribution in [-0.2, 0) is 9.47 Å². The Balaban J connectivity index is 2.53. The molecule has 2 bridgehead atoms. The Morgan fingerprint density at radius 1 is 1.29 bits per heavy atom. The summed E-state index contributed by atoms with van der Waals surface area (Å²) in [7, 11) is 3.14. The van der Waals surface area contributed by atoms with Crippen LogP contribution in [0.3, 0.4) is 0 Å². The van der Waals surface area contributed by atoms with Crippen molar-refractivity contribution in [3.8, 4) is 0 Å². The Bertz CT molecular complexity index is 298. The molecule has 0 saturated heterocycles. The van der Waals surface area contributed by atoms with E-state index in [-0.39, 0.29) is 5.92 Å². The minimum atomic E-state index is -0.886. The normalized spacial score (nSPS) is 39.6. The number of methoxy groups -OCH3 is 2. The molecular weight excluding hydrogens is 246 g/mol. The molecule has 2 aliphatic rings. The third kappa shape index (κ3) is 0.966. The zero-order chi connectivity index (χ0) is 10.6. The lowest BCUT2D eigenvalue weighted by molar-refractivity contribution is -0.223. The summed E-state index contributed by atoms with van der Waals surface area (Å²) in [5.74, 6) is -0.924. The smallest absolute Gasteiger partial charge is 0.200 e. The molecule has 0 aromatic carbocycles. The van der Waals surface area contributed by atoms with Crippen LogP contribution in [0.25, 0.3) is 0 Å². The zero-order valence-electron chi connectivity index (χ0n) is 7.94. The fourth-order valence-corrected chi connectivity index (χ4v) is 3.89. The highest BCUT2D eigenvalue weighted by atomic mass is 35.5. The lowest BCUT2D eigenvalue weighted by atomic mass is 10.0. The minimum absolute atomic E-state index is 0.0378. The first-order valence-electron chi connectivity index (χ1n) is 4.38. The summed E-state index contributed by atoms with van der Waals surface area (Å²) in [5.41, 5.74) is 0. The van der Waals surface area contributed by atoms with Gasteiger partial charge in [-0.05, 0) is 12.8 Å². The maximum absolute atomic E-state index is 6.44. The lowest BCUT2D eigenvalue weighted by Gasteiger charge is -2.36. The van der Waals surface area contributed by atoms with E-state index in [1.54, 1.807) is 14.2 Å². The molecule has 0 aromatic rings. The zero-order valence-corrected chi connectivity index (χ0v) is 10.2. The first-order chi connectivity index (χ1) is 6.53. The number of alkyl halides is 1. The fourth-order valence-electron chi connectivity index (χ4n) is 2.57. The third-order valence-electron chi connectivity index (χ3n) is 3.26. The van der Waals surface area contributed by atoms with Crippen LogP contribution >= 0.6 is 34.8 Å². The van der Waals surface area contributed by atoms with Crippen molar-refractivity contribution in [3.63, 3.8) is 0 Å². The predicted octanol–water partition coefficient (Wildman–Crippen LogP) is 3.07. The molecule has 0 amide bonds. The Kier molecular flexibility index (Phi) is 2.57. The largest absolute Gasteiger partial charge is 0.351 e. The Labute approximate surface area is 98.1 Å². The highest BCUT2D eigenvalue weighted by molar-refractivity contribution is 6.46. The molecule has 2 nitrogen and oxygen atoms in total. The van der Waals surface area contributed by atoms with E-state index in [0.717, 1.165) is 12.8 Å². The average Bonchev–Trinajstić information content (AvgIpc) is 2.56. The van der Waals surface area contributed by atoms with Crippen LogP contribution in [-0.4, -0.2) is 24.9 Å². The van der Waals surface area contributed by atoms with Gasteiger partial charge in [0.1, 0.15) is 4.87 Å². The SMILES string of the molecule is COC1(OC)[C@H]2CC[C@]1(Cl)C(Cl)=C2Cl. The van der Waals surface area contributed by atoms with Crippen LogP contribution in [0.2, 0.25) is 0 Å². The molecule has 0 aromatic heterocycles. The van der Waals surface area contributed by atoms with Crippen molar-refractivity contribution in [2.45, 2.75) is 23.5 Å². The molecule has 0 unspecified atom stereocenters. The topological polar surface area (TPSA) is 18.5 Å². The lowest BCUT2D eigenvalue weighted by Crippen LogP contribution is -2.49. The van der Waals surface area contributed by atoms with E-state index in [9.17, 15) is 0 Å². The molecule has 1 fully saturated rings. The monoisotopic (exact) mass is 256 g/mol. The third-order valence-corrected chi connectivity index (χ3v) is 5.07. The number of hydrogen-bond acceptors (Lipinski definition) is 2. The quantitative estimate of drug-likeness (QED) is 0.559. The summed E-state index contributed by atoms with van der Waals surface area (Å²) < 4.78 is 10.8. The number of halogens is 3. The van der Waals surface area contributed by atoms with Crippen LogP contribution in [0, 0.1) is 5.92 Å². The number of fused-ring (bicyclic) bond motifs is 2. The van der Waals surface area contributed by atoms with Crippen LogP contribution in [0.5, 0.6) is 0 Å². The van der Waals surface area contributed by atoms with Gasteiger partial charge in [-0.15, -0.1) is 11.6 Å². The van der Waals surface area contributed by atoms with Gasteiger partial charge in [0.15, 0.2) is 5.79 Å². The molecular formula is C9H11Cl3O2. The average molecular weight is 258 g/mol. The van der Waals surface area contributed by atoms with Crippen molar-refractivity contribution in [3.05, 3.63) is 10.1 Å². The molecule has 0 aliphatic heterocycles. The van der Waals surface area contributed by atoms with Crippen LogP contribution in [0.4, 0.5) is 0 Å². The van der Waals surface area contributed by atoms with Gasteiger partial charge in [-0.25, -0.2) is 0 Å². The van der Waals surface area contributed by atoms with Crippen molar-refractivity contribution in [1.82, 2.24) is 0 Å². The first kappa shape index (κ1) is 11.0. The first-order valence-corrected chi connectivity index (χ1v) is 5.51. The van der Waals surface area contributed by atoms with E-state index in [1.165, 1.54) is 0 Å². The summed E-state index contributed by atoms with van der Waals surface area (Å²) in [6.07, 6.45) is 1.58. The van der Waals surface area contributed by atoms with Crippen molar-refractivity contribution >= 4 is 34.8 Å². The van der Waals surface area contributed by atoms with Crippen LogP contribution < -0.4 is 0 Å². The van der Waals surface area contributed by atoms with Crippen molar-refractivity contribution in [2.75, 3.05) is 14.2 Å². The van der Waals surface area contributed by atoms with Crippen molar-refractivity contribution in [2.24, 2.45) is 5.92 Å². The standard InChI is InChI=1S/C9H11Cl3O2/c1-13-9(14-2)5-3-4-8(9,12)7(11)6(5)10/h5H,3-4H2,1-2H3/t5-,8-/m0/s1. The summed E-state index contributed by atoms with van der Waals surface area (Å²) in [5, 5.41) is 1.05. The van der Waals surface area contributed by atoms with Gasteiger partial charge in [-0.1, -0.05) is 23.2 Å². The van der Waals surface area contributed by atoms with Gasteiger partial charge in [0.25, 0.3) is 0 Å². The molecule has 2 aliphatic carbocycles. The van der Waals surface area contributed by atoms with E-state index in [0.29, 0.717) is 10.1 Å². The van der Waals surface area contributed by atoms with E-state index in [4.69, 9.17) is 44.3 Å². The molecule has 80 valence electrons. The number of hydrogen-bond donors (Lipinski definition) is 0. The van der Waals surface area contributed by atoms with Gasteiger partial charge in [-0.3, -0.25) is 0 Å². The van der Waals surface area contributed by atoms with Gasteiger partial charge in [-0.2, -0.15) is 0 Å². The predicted molar refractivity (Wildman–Crippen MR) is 56.8 cm³/mol. The van der Waals surface area contributed by atoms with Gasteiger partial charge in [0.05, 0.1) is 11.0 Å². The molecule has 0 N–H and O–H groups in total. The molecule has 2 atom stereocenters. The summed E-state index contributed by atoms with van der Waals surface area (Å²) in [6.45, 7) is 0. The van der Waals surface area contributed by atoms with Gasteiger partial charge >= 0.3 is 0 Å². The van der Waals surface area contributed by atoms with E-state index in [1.807, 2.05) is 0 Å². The number of rotatable bonds is 2. The van der Waals surface area contributed by atoms with E-state index in [2.05, 4.69) is 0 Å². The maximum atomic E-state index is 6.44. The second-order valence-corrected chi connectivity index (χ2v) is 5.06. The van der Waals surface area contributed by atoms with E-state index >= 15 is 0 Å². The number of ether oxygens (including phenoxy) is 2. The minimum Gasteiger partial charge on any atom is -0.351 e. The van der Waals surface area contributed by atoms with Crippen molar-refractivity contribution in [1.29, 1.82) is 0 Å². The Hall–Kier alpha value is 0.530. The molecule has 0 heterocycles. The summed E-state index contributed by atoms with van der Waals surface area (Å²) in [6, 6.07) is 0. The van der Waals surface area contributed by atoms with E-state index < -0.39 is 10.7 Å². The van der Waals surface area contributed by atoms with Crippen LogP contribution in [0.1, 0.15) is 12.8 Å². The fraction of sp³-hybridized carbons (Fsp3) is 0.778. The molecule has 2 rings (SSSR count). The Morgan fingerprint density at radius 2 is 1.86 bits per heavy atom. The highest BCUT2D eigenvalue weighted by Gasteiger charge is 2.69. The van der Waals surface area contributed by atoms with Crippen molar-refractivity contribution < 1.29 is 9.47 Å². The second-order valence-electron chi connectivity index (χ2n) is 3.63. The van der Waals surface area contributed by atoms with Gasteiger partial charge in [0, 0.05) is 19.3 Å². The van der Waals surface area contributed by atoms with Gasteiger partial charge in [0.2, 0.25) is 0 Å². The molecule has 0 spiro atoms. The molecule has 1 saturated carbocycles. The summed E-state index contributed by atoms with van der Waals surface area (Å²) in [4.78, 5) is -0.806. The van der Waals surface area contributed by atoms with Crippen LogP contribution in [0.15, 0.2) is 10.1 Å². The molecule has 0 radical (unpaired) electrons. The second kappa shape index (κ2) is 3.26. The Morgan fingerprint density at radius 3 is 2.14 bits per heavy atom. The molecule has 5 heteroatoms. The maximum Gasteiger partial charge on any atom is 0.200 e.